The first-order chi connectivity index (χ1) is 11.7. The Morgan fingerprint density at radius 2 is 1.58 bits per heavy atom. The zero-order chi connectivity index (χ0) is 16.5. The van der Waals surface area contributed by atoms with Gasteiger partial charge in [-0.25, -0.2) is 4.98 Å². The van der Waals surface area contributed by atoms with Crippen LogP contribution in [0.1, 0.15) is 11.3 Å². The molecule has 1 nitrogen and oxygen atoms in total. The second kappa shape index (κ2) is 6.27. The van der Waals surface area contributed by atoms with Crippen molar-refractivity contribution in [3.63, 3.8) is 0 Å². The molecule has 0 amide bonds. The topological polar surface area (TPSA) is 12.9 Å². The Labute approximate surface area is 150 Å². The van der Waals surface area contributed by atoms with Crippen molar-refractivity contribution >= 4 is 57.0 Å². The van der Waals surface area contributed by atoms with Gasteiger partial charge in [0.15, 0.2) is 0 Å². The molecule has 0 aliphatic carbocycles. The van der Waals surface area contributed by atoms with E-state index < -0.39 is 0 Å². The van der Waals surface area contributed by atoms with E-state index in [4.69, 9.17) is 23.2 Å². The van der Waals surface area contributed by atoms with Gasteiger partial charge >= 0.3 is 0 Å². The Morgan fingerprint density at radius 3 is 2.46 bits per heavy atom. The van der Waals surface area contributed by atoms with Crippen LogP contribution < -0.4 is 0 Å². The molecule has 0 aliphatic heterocycles. The minimum Gasteiger partial charge on any atom is -0.248 e. The summed E-state index contributed by atoms with van der Waals surface area (Å²) in [5, 5.41) is 4.63. The number of fused-ring (bicyclic) bond motifs is 2. The molecule has 0 saturated carbocycles. The first-order valence-electron chi connectivity index (χ1n) is 7.62. The van der Waals surface area contributed by atoms with Crippen LogP contribution in [0.15, 0.2) is 66.7 Å². The first kappa shape index (κ1) is 15.2. The van der Waals surface area contributed by atoms with Crippen molar-refractivity contribution in [2.45, 2.75) is 0 Å². The van der Waals surface area contributed by atoms with Gasteiger partial charge in [-0.1, -0.05) is 65.7 Å². The average Bonchev–Trinajstić information content (AvgIpc) is 2.60. The van der Waals surface area contributed by atoms with E-state index in [1.807, 2.05) is 48.6 Å². The number of hydrogen-bond donors (Lipinski definition) is 0. The first-order valence-corrected chi connectivity index (χ1v) is 8.37. The Hall–Kier alpha value is -2.35. The van der Waals surface area contributed by atoms with Crippen LogP contribution >= 0.6 is 23.2 Å². The molecule has 3 aromatic carbocycles. The SMILES string of the molecule is Clc1ccc2nc(/C=C/c3ccc4ccccc4c3)cc(Cl)c2c1. The molecule has 1 aromatic heterocycles. The van der Waals surface area contributed by atoms with Crippen LogP contribution in [-0.2, 0) is 0 Å². The third-order valence-corrected chi connectivity index (χ3v) is 4.51. The molecule has 0 radical (unpaired) electrons. The van der Waals surface area contributed by atoms with Crippen LogP contribution in [0.3, 0.4) is 0 Å². The largest absolute Gasteiger partial charge is 0.248 e. The molecule has 0 fully saturated rings. The predicted octanol–water partition coefficient (Wildman–Crippen LogP) is 6.87. The number of rotatable bonds is 2. The summed E-state index contributed by atoms with van der Waals surface area (Å²) in [4.78, 5) is 4.62. The maximum absolute atomic E-state index is 6.36. The van der Waals surface area contributed by atoms with Crippen molar-refractivity contribution in [1.82, 2.24) is 4.98 Å². The molecule has 24 heavy (non-hydrogen) atoms. The summed E-state index contributed by atoms with van der Waals surface area (Å²) >= 11 is 12.4. The Morgan fingerprint density at radius 1 is 0.750 bits per heavy atom. The molecular weight excluding hydrogens is 337 g/mol. The maximum Gasteiger partial charge on any atom is 0.0725 e. The number of pyridine rings is 1. The minimum atomic E-state index is 0.653. The maximum atomic E-state index is 6.36. The van der Waals surface area contributed by atoms with E-state index in [-0.39, 0.29) is 0 Å². The second-order valence-corrected chi connectivity index (χ2v) is 6.47. The number of benzene rings is 3. The van der Waals surface area contributed by atoms with E-state index in [9.17, 15) is 0 Å². The smallest absolute Gasteiger partial charge is 0.0725 e. The highest BCUT2D eigenvalue weighted by atomic mass is 35.5. The fourth-order valence-corrected chi connectivity index (χ4v) is 3.19. The second-order valence-electron chi connectivity index (χ2n) is 5.63. The van der Waals surface area contributed by atoms with Crippen molar-refractivity contribution < 1.29 is 0 Å². The van der Waals surface area contributed by atoms with Gasteiger partial charge in [0.05, 0.1) is 16.2 Å². The molecule has 0 atom stereocenters. The van der Waals surface area contributed by atoms with Gasteiger partial charge in [0.2, 0.25) is 0 Å². The summed E-state index contributed by atoms with van der Waals surface area (Å²) in [6.45, 7) is 0. The lowest BCUT2D eigenvalue weighted by Crippen LogP contribution is -1.85. The summed E-state index contributed by atoms with van der Waals surface area (Å²) in [5.74, 6) is 0. The lowest BCUT2D eigenvalue weighted by molar-refractivity contribution is 1.37. The predicted molar refractivity (Wildman–Crippen MR) is 105 cm³/mol. The van der Waals surface area contributed by atoms with Gasteiger partial charge in [-0.2, -0.15) is 0 Å². The molecule has 1 heterocycles. The molecule has 0 unspecified atom stereocenters. The molecule has 3 heteroatoms. The van der Waals surface area contributed by atoms with Crippen molar-refractivity contribution in [2.75, 3.05) is 0 Å². The monoisotopic (exact) mass is 349 g/mol. The van der Waals surface area contributed by atoms with Gasteiger partial charge in [0.1, 0.15) is 0 Å². The molecule has 0 N–H and O–H groups in total. The average molecular weight is 350 g/mol. The van der Waals surface area contributed by atoms with Crippen LogP contribution in [0.5, 0.6) is 0 Å². The lowest BCUT2D eigenvalue weighted by atomic mass is 10.1. The number of nitrogens with zero attached hydrogens (tertiary/aromatic N) is 1. The van der Waals surface area contributed by atoms with E-state index in [1.54, 1.807) is 0 Å². The summed E-state index contributed by atoms with van der Waals surface area (Å²) in [5.41, 5.74) is 2.79. The van der Waals surface area contributed by atoms with E-state index in [0.29, 0.717) is 10.0 Å². The third kappa shape index (κ3) is 3.01. The Kier molecular flexibility index (Phi) is 3.97. The van der Waals surface area contributed by atoms with Gasteiger partial charge in [0, 0.05) is 10.4 Å². The minimum absolute atomic E-state index is 0.653. The fourth-order valence-electron chi connectivity index (χ4n) is 2.75. The number of hydrogen-bond acceptors (Lipinski definition) is 1. The van der Waals surface area contributed by atoms with Crippen molar-refractivity contribution in [2.24, 2.45) is 0 Å². The van der Waals surface area contributed by atoms with Crippen LogP contribution in [-0.4, -0.2) is 4.98 Å². The summed E-state index contributed by atoms with van der Waals surface area (Å²) in [6, 6.07) is 22.1. The van der Waals surface area contributed by atoms with E-state index in [2.05, 4.69) is 35.3 Å². The molecule has 0 bridgehead atoms. The number of aromatic nitrogens is 1. The highest BCUT2D eigenvalue weighted by Gasteiger charge is 2.03. The summed E-state index contributed by atoms with van der Waals surface area (Å²) in [7, 11) is 0. The molecule has 0 aliphatic rings. The summed E-state index contributed by atoms with van der Waals surface area (Å²) in [6.07, 6.45) is 4.02. The van der Waals surface area contributed by atoms with Gasteiger partial charge in [0.25, 0.3) is 0 Å². The third-order valence-electron chi connectivity index (χ3n) is 3.96. The normalized spacial score (nSPS) is 11.6. The quantitative estimate of drug-likeness (QED) is 0.385. The Bertz CT molecular complexity index is 1080. The van der Waals surface area contributed by atoms with E-state index in [1.165, 1.54) is 10.8 Å². The fraction of sp³-hybridized carbons (Fsp3) is 0. The molecule has 4 rings (SSSR count). The standard InChI is InChI=1S/C21H13Cl2N/c22-17-8-10-21-19(12-17)20(23)13-18(24-21)9-6-14-5-7-15-3-1-2-4-16(15)11-14/h1-13H/b9-6+. The van der Waals surface area contributed by atoms with Crippen molar-refractivity contribution in [3.8, 4) is 0 Å². The van der Waals surface area contributed by atoms with Gasteiger partial charge in [-0.05, 0) is 52.7 Å². The van der Waals surface area contributed by atoms with E-state index in [0.717, 1.165) is 22.2 Å². The molecular formula is C21H13Cl2N. The van der Waals surface area contributed by atoms with Crippen molar-refractivity contribution in [3.05, 3.63) is 88.0 Å². The van der Waals surface area contributed by atoms with Gasteiger partial charge in [-0.3, -0.25) is 0 Å². The molecule has 116 valence electrons. The highest BCUT2D eigenvalue weighted by molar-refractivity contribution is 6.36. The van der Waals surface area contributed by atoms with Crippen LogP contribution in [0, 0.1) is 0 Å². The summed E-state index contributed by atoms with van der Waals surface area (Å²) < 4.78 is 0. The van der Waals surface area contributed by atoms with Crippen molar-refractivity contribution in [1.29, 1.82) is 0 Å². The molecule has 0 saturated heterocycles. The zero-order valence-corrected chi connectivity index (χ0v) is 14.2. The molecule has 0 spiro atoms. The van der Waals surface area contributed by atoms with Crippen LogP contribution in [0.25, 0.3) is 33.8 Å². The van der Waals surface area contributed by atoms with Gasteiger partial charge < -0.3 is 0 Å². The van der Waals surface area contributed by atoms with Crippen LogP contribution in [0.2, 0.25) is 10.0 Å². The lowest BCUT2D eigenvalue weighted by Gasteiger charge is -2.03. The van der Waals surface area contributed by atoms with Gasteiger partial charge in [-0.15, -0.1) is 0 Å². The molecule has 4 aromatic rings. The zero-order valence-electron chi connectivity index (χ0n) is 12.7. The number of halogens is 2. The van der Waals surface area contributed by atoms with E-state index >= 15 is 0 Å². The Balaban J connectivity index is 1.72. The van der Waals surface area contributed by atoms with Crippen LogP contribution in [0.4, 0.5) is 0 Å². The highest BCUT2D eigenvalue weighted by Crippen LogP contribution is 2.27.